The van der Waals surface area contributed by atoms with Crippen molar-refractivity contribution in [2.45, 2.75) is 39.0 Å². The molecular weight excluding hydrogens is 542 g/mol. The Morgan fingerprint density at radius 2 is 1.76 bits per heavy atom. The fourth-order valence-electron chi connectivity index (χ4n) is 5.14. The van der Waals surface area contributed by atoms with Crippen LogP contribution in [-0.4, -0.2) is 48.6 Å². The minimum absolute atomic E-state index is 0.273. The topological polar surface area (TPSA) is 90.0 Å². The van der Waals surface area contributed by atoms with Crippen molar-refractivity contribution in [1.29, 1.82) is 0 Å². The first-order valence-electron chi connectivity index (χ1n) is 13.5. The SMILES string of the molecule is CCC(OC(=O)c1c2c(nc3ccccc13)CCN(Cc1ccccc1)C2)C(=O)Nc1cc(Cl)c(OC)cc1OC. The Labute approximate surface area is 244 Å². The Bertz CT molecular complexity index is 1580. The van der Waals surface area contributed by atoms with E-state index >= 15 is 0 Å². The lowest BCUT2D eigenvalue weighted by molar-refractivity contribution is -0.124. The van der Waals surface area contributed by atoms with Gasteiger partial charge in [0.25, 0.3) is 5.91 Å². The summed E-state index contributed by atoms with van der Waals surface area (Å²) in [5, 5.41) is 3.81. The second-order valence-electron chi connectivity index (χ2n) is 9.85. The van der Waals surface area contributed by atoms with Gasteiger partial charge in [0.1, 0.15) is 11.5 Å². The van der Waals surface area contributed by atoms with Crippen LogP contribution in [0.4, 0.5) is 5.69 Å². The summed E-state index contributed by atoms with van der Waals surface area (Å²) < 4.78 is 16.5. The van der Waals surface area contributed by atoms with Crippen LogP contribution in [0.2, 0.25) is 5.02 Å². The molecule has 1 unspecified atom stereocenters. The predicted octanol–water partition coefficient (Wildman–Crippen LogP) is 6.04. The molecule has 1 aliphatic heterocycles. The van der Waals surface area contributed by atoms with Gasteiger partial charge in [-0.3, -0.25) is 14.7 Å². The fourth-order valence-corrected chi connectivity index (χ4v) is 5.38. The Morgan fingerprint density at radius 3 is 2.49 bits per heavy atom. The van der Waals surface area contributed by atoms with Crippen molar-refractivity contribution in [3.63, 3.8) is 0 Å². The van der Waals surface area contributed by atoms with Gasteiger partial charge in [-0.05, 0) is 24.1 Å². The van der Waals surface area contributed by atoms with Crippen LogP contribution in [0.25, 0.3) is 10.9 Å². The second kappa shape index (κ2) is 12.6. The number of nitrogens with one attached hydrogen (secondary N) is 1. The quantitative estimate of drug-likeness (QED) is 0.244. The molecule has 1 aromatic heterocycles. The fraction of sp³-hybridized carbons (Fsp3) is 0.281. The zero-order valence-corrected chi connectivity index (χ0v) is 24.0. The van der Waals surface area contributed by atoms with E-state index in [4.69, 9.17) is 30.8 Å². The van der Waals surface area contributed by atoms with E-state index < -0.39 is 18.0 Å². The number of hydrogen-bond donors (Lipinski definition) is 1. The van der Waals surface area contributed by atoms with Crippen molar-refractivity contribution in [2.75, 3.05) is 26.1 Å². The van der Waals surface area contributed by atoms with Gasteiger partial charge < -0.3 is 19.5 Å². The molecular formula is C32H32ClN3O5. The molecule has 1 amide bonds. The van der Waals surface area contributed by atoms with Crippen LogP contribution in [-0.2, 0) is 29.0 Å². The Hall–Kier alpha value is -4.14. The molecule has 1 aliphatic rings. The number of benzene rings is 3. The van der Waals surface area contributed by atoms with Crippen LogP contribution < -0.4 is 14.8 Å². The number of rotatable bonds is 9. The van der Waals surface area contributed by atoms with E-state index in [0.29, 0.717) is 46.1 Å². The summed E-state index contributed by atoms with van der Waals surface area (Å²) in [6.45, 7) is 3.93. The number of para-hydroxylation sites is 1. The third-order valence-corrected chi connectivity index (χ3v) is 7.52. The van der Waals surface area contributed by atoms with Crippen LogP contribution in [0.3, 0.4) is 0 Å². The summed E-state index contributed by atoms with van der Waals surface area (Å²) in [7, 11) is 2.97. The van der Waals surface area contributed by atoms with Crippen LogP contribution in [0, 0.1) is 0 Å². The molecule has 2 heterocycles. The normalized spacial score (nSPS) is 13.8. The summed E-state index contributed by atoms with van der Waals surface area (Å²) in [6.07, 6.45) is -0.0577. The third kappa shape index (κ3) is 6.14. The number of fused-ring (bicyclic) bond motifs is 2. The highest BCUT2D eigenvalue weighted by molar-refractivity contribution is 6.32. The number of amides is 1. The van der Waals surface area contributed by atoms with E-state index in [9.17, 15) is 9.59 Å². The van der Waals surface area contributed by atoms with Crippen LogP contribution >= 0.6 is 11.6 Å². The molecule has 41 heavy (non-hydrogen) atoms. The Kier molecular flexibility index (Phi) is 8.71. The smallest absolute Gasteiger partial charge is 0.340 e. The number of anilines is 1. The Balaban J connectivity index is 1.42. The van der Waals surface area contributed by atoms with Crippen molar-refractivity contribution >= 4 is 40.1 Å². The lowest BCUT2D eigenvalue weighted by Gasteiger charge is -2.30. The molecule has 0 radical (unpaired) electrons. The van der Waals surface area contributed by atoms with Gasteiger partial charge in [0.15, 0.2) is 6.10 Å². The molecule has 5 rings (SSSR count). The van der Waals surface area contributed by atoms with Crippen molar-refractivity contribution < 1.29 is 23.8 Å². The predicted molar refractivity (Wildman–Crippen MR) is 159 cm³/mol. The monoisotopic (exact) mass is 573 g/mol. The van der Waals surface area contributed by atoms with E-state index in [-0.39, 0.29) is 6.42 Å². The molecule has 4 aromatic rings. The Morgan fingerprint density at radius 1 is 1.02 bits per heavy atom. The average Bonchev–Trinajstić information content (AvgIpc) is 2.99. The summed E-state index contributed by atoms with van der Waals surface area (Å²) in [5.41, 5.74) is 4.46. The van der Waals surface area contributed by atoms with Gasteiger partial charge in [-0.1, -0.05) is 67.1 Å². The number of pyridine rings is 1. The van der Waals surface area contributed by atoms with Crippen molar-refractivity contribution in [3.05, 3.63) is 94.1 Å². The highest BCUT2D eigenvalue weighted by Gasteiger charge is 2.30. The van der Waals surface area contributed by atoms with Gasteiger partial charge in [-0.25, -0.2) is 4.79 Å². The lowest BCUT2D eigenvalue weighted by Crippen LogP contribution is -2.35. The highest BCUT2D eigenvalue weighted by atomic mass is 35.5. The molecule has 0 aliphatic carbocycles. The van der Waals surface area contributed by atoms with E-state index in [2.05, 4.69) is 22.3 Å². The maximum Gasteiger partial charge on any atom is 0.340 e. The van der Waals surface area contributed by atoms with E-state index in [1.165, 1.54) is 19.8 Å². The van der Waals surface area contributed by atoms with Gasteiger partial charge in [0.05, 0.1) is 36.0 Å². The van der Waals surface area contributed by atoms with Crippen molar-refractivity contribution in [3.8, 4) is 11.5 Å². The molecule has 0 fully saturated rings. The summed E-state index contributed by atoms with van der Waals surface area (Å²) in [5.74, 6) is -0.259. The molecule has 1 atom stereocenters. The zero-order valence-electron chi connectivity index (χ0n) is 23.3. The standard InChI is InChI=1S/C32H32ClN3O5/c1-4-27(31(37)35-26-16-23(33)28(39-2)17-29(26)40-3)41-32(38)30-21-12-8-9-13-24(21)34-25-14-15-36(19-22(25)30)18-20-10-6-5-7-11-20/h5-13,16-17,27H,4,14-15,18-19H2,1-3H3,(H,35,37). The summed E-state index contributed by atoms with van der Waals surface area (Å²) in [4.78, 5) is 34.4. The molecule has 0 saturated heterocycles. The number of esters is 1. The number of carbonyl (C=O) groups is 2. The van der Waals surface area contributed by atoms with Crippen LogP contribution in [0.1, 0.15) is 40.5 Å². The van der Waals surface area contributed by atoms with Crippen molar-refractivity contribution in [1.82, 2.24) is 9.88 Å². The lowest BCUT2D eigenvalue weighted by atomic mass is 9.95. The van der Waals surface area contributed by atoms with Gasteiger partial charge in [-0.2, -0.15) is 0 Å². The molecule has 212 valence electrons. The summed E-state index contributed by atoms with van der Waals surface area (Å²) >= 11 is 6.28. The van der Waals surface area contributed by atoms with E-state index in [1.54, 1.807) is 19.1 Å². The molecule has 0 saturated carbocycles. The number of aromatic nitrogens is 1. The number of methoxy groups -OCH3 is 2. The minimum atomic E-state index is -1.04. The van der Waals surface area contributed by atoms with Crippen molar-refractivity contribution in [2.24, 2.45) is 0 Å². The molecule has 0 spiro atoms. The van der Waals surface area contributed by atoms with E-state index in [1.807, 2.05) is 42.5 Å². The maximum atomic E-state index is 13.9. The van der Waals surface area contributed by atoms with Crippen LogP contribution in [0.5, 0.6) is 11.5 Å². The zero-order chi connectivity index (χ0) is 28.9. The summed E-state index contributed by atoms with van der Waals surface area (Å²) in [6, 6.07) is 20.9. The highest BCUT2D eigenvalue weighted by Crippen LogP contribution is 2.36. The van der Waals surface area contributed by atoms with Gasteiger partial charge in [0, 0.05) is 48.8 Å². The number of hydrogen-bond acceptors (Lipinski definition) is 7. The first-order valence-corrected chi connectivity index (χ1v) is 13.9. The molecule has 1 N–H and O–H groups in total. The molecule has 0 bridgehead atoms. The minimum Gasteiger partial charge on any atom is -0.495 e. The number of nitrogens with zero attached hydrogens (tertiary/aromatic N) is 2. The first kappa shape index (κ1) is 28.4. The van der Waals surface area contributed by atoms with Gasteiger partial charge in [0.2, 0.25) is 0 Å². The second-order valence-corrected chi connectivity index (χ2v) is 10.3. The van der Waals surface area contributed by atoms with Gasteiger partial charge in [-0.15, -0.1) is 0 Å². The molecule has 8 nitrogen and oxygen atoms in total. The maximum absolute atomic E-state index is 13.9. The number of ether oxygens (including phenoxy) is 3. The largest absolute Gasteiger partial charge is 0.495 e. The number of carbonyl (C=O) groups excluding carboxylic acids is 2. The number of halogens is 1. The molecule has 9 heteroatoms. The first-order chi connectivity index (χ1) is 19.9. The van der Waals surface area contributed by atoms with Gasteiger partial charge >= 0.3 is 5.97 Å². The average molecular weight is 574 g/mol. The van der Waals surface area contributed by atoms with Crippen LogP contribution in [0.15, 0.2) is 66.7 Å². The molecule has 3 aromatic carbocycles. The van der Waals surface area contributed by atoms with E-state index in [0.717, 1.165) is 29.9 Å². The third-order valence-electron chi connectivity index (χ3n) is 7.22.